The van der Waals surface area contributed by atoms with Crippen LogP contribution < -0.4 is 10.1 Å². The fourth-order valence-corrected chi connectivity index (χ4v) is 3.65. The summed E-state index contributed by atoms with van der Waals surface area (Å²) < 4.78 is 5.72. The lowest BCUT2D eigenvalue weighted by molar-refractivity contribution is -0.133. The van der Waals surface area contributed by atoms with Crippen molar-refractivity contribution in [3.8, 4) is 5.75 Å². The number of para-hydroxylation sites is 1. The van der Waals surface area contributed by atoms with Crippen molar-refractivity contribution in [2.24, 2.45) is 5.10 Å². The zero-order valence-corrected chi connectivity index (χ0v) is 20.0. The van der Waals surface area contributed by atoms with Gasteiger partial charge in [-0.2, -0.15) is 5.10 Å². The zero-order valence-electron chi connectivity index (χ0n) is 20.0. The molecule has 2 aromatic rings. The molecule has 1 aliphatic rings. The third-order valence-corrected chi connectivity index (χ3v) is 5.65. The van der Waals surface area contributed by atoms with Crippen LogP contribution in [0.25, 0.3) is 0 Å². The van der Waals surface area contributed by atoms with Crippen LogP contribution in [0.2, 0.25) is 0 Å². The number of hydrazone groups is 1. The summed E-state index contributed by atoms with van der Waals surface area (Å²) in [4.78, 5) is 38.6. The molecule has 0 saturated heterocycles. The number of hydrogen-bond donors (Lipinski definition) is 1. The van der Waals surface area contributed by atoms with Gasteiger partial charge in [0.05, 0.1) is 18.3 Å². The summed E-state index contributed by atoms with van der Waals surface area (Å²) in [7, 11) is 3.34. The van der Waals surface area contributed by atoms with Gasteiger partial charge >= 0.3 is 0 Å². The Balaban J connectivity index is 1.54. The van der Waals surface area contributed by atoms with Crippen molar-refractivity contribution in [3.05, 3.63) is 65.7 Å². The van der Waals surface area contributed by atoms with E-state index < -0.39 is 0 Å². The van der Waals surface area contributed by atoms with Crippen LogP contribution in [0.3, 0.4) is 0 Å². The van der Waals surface area contributed by atoms with E-state index in [1.807, 2.05) is 55.5 Å². The van der Waals surface area contributed by atoms with E-state index >= 15 is 0 Å². The summed E-state index contributed by atoms with van der Waals surface area (Å²) in [5.41, 5.74) is 2.69. The largest absolute Gasteiger partial charge is 0.483 e. The van der Waals surface area contributed by atoms with Crippen LogP contribution in [0.15, 0.2) is 59.7 Å². The molecule has 1 unspecified atom stereocenters. The number of rotatable bonds is 10. The predicted octanol–water partition coefficient (Wildman–Crippen LogP) is 3.14. The molecule has 1 aliphatic heterocycles. The molecule has 3 amide bonds. The van der Waals surface area contributed by atoms with Gasteiger partial charge < -0.3 is 15.0 Å². The molecule has 0 radical (unpaired) electrons. The molecule has 8 nitrogen and oxygen atoms in total. The SMILES string of the molecule is CCC(NC(=O)CCC(=O)N1CCC(c2ccccc2)=N1)c1ccccc1OCC(=O)N(C)C. The summed E-state index contributed by atoms with van der Waals surface area (Å²) in [5, 5.41) is 8.89. The highest BCUT2D eigenvalue weighted by molar-refractivity contribution is 6.02. The number of benzene rings is 2. The number of carbonyl (C=O) groups is 3. The number of carbonyl (C=O) groups excluding carboxylic acids is 3. The first-order valence-corrected chi connectivity index (χ1v) is 11.5. The van der Waals surface area contributed by atoms with Crippen molar-refractivity contribution in [1.82, 2.24) is 15.2 Å². The lowest BCUT2D eigenvalue weighted by Crippen LogP contribution is -2.31. The maximum Gasteiger partial charge on any atom is 0.259 e. The van der Waals surface area contributed by atoms with Crippen molar-refractivity contribution in [2.75, 3.05) is 27.2 Å². The molecule has 2 aromatic carbocycles. The van der Waals surface area contributed by atoms with Gasteiger partial charge in [0.25, 0.3) is 5.91 Å². The summed E-state index contributed by atoms with van der Waals surface area (Å²) in [5.74, 6) is 0.0251. The van der Waals surface area contributed by atoms with Crippen LogP contribution in [0.4, 0.5) is 0 Å². The van der Waals surface area contributed by atoms with E-state index in [4.69, 9.17) is 4.74 Å². The van der Waals surface area contributed by atoms with Gasteiger partial charge in [-0.1, -0.05) is 55.5 Å². The Morgan fingerprint density at radius 3 is 2.47 bits per heavy atom. The van der Waals surface area contributed by atoms with Crippen molar-refractivity contribution in [3.63, 3.8) is 0 Å². The third-order valence-electron chi connectivity index (χ3n) is 5.65. The second kappa shape index (κ2) is 12.0. The van der Waals surface area contributed by atoms with Crippen LogP contribution >= 0.6 is 0 Å². The fraction of sp³-hybridized carbons (Fsp3) is 0.385. The van der Waals surface area contributed by atoms with Crippen LogP contribution in [-0.2, 0) is 14.4 Å². The predicted molar refractivity (Wildman–Crippen MR) is 130 cm³/mol. The molecule has 1 N–H and O–H groups in total. The third kappa shape index (κ3) is 6.66. The summed E-state index contributed by atoms with van der Waals surface area (Å²) in [6, 6.07) is 16.8. The molecule has 0 aliphatic carbocycles. The highest BCUT2D eigenvalue weighted by Gasteiger charge is 2.23. The van der Waals surface area contributed by atoms with Gasteiger partial charge in [-0.25, -0.2) is 5.01 Å². The number of ether oxygens (including phenoxy) is 1. The maximum absolute atomic E-state index is 12.6. The lowest BCUT2D eigenvalue weighted by Gasteiger charge is -2.21. The highest BCUT2D eigenvalue weighted by Crippen LogP contribution is 2.27. The van der Waals surface area contributed by atoms with Crippen LogP contribution in [0.5, 0.6) is 5.75 Å². The highest BCUT2D eigenvalue weighted by atomic mass is 16.5. The fourth-order valence-electron chi connectivity index (χ4n) is 3.65. The van der Waals surface area contributed by atoms with E-state index in [1.54, 1.807) is 20.2 Å². The average Bonchev–Trinajstić information content (AvgIpc) is 3.35. The Morgan fingerprint density at radius 1 is 1.06 bits per heavy atom. The van der Waals surface area contributed by atoms with E-state index in [0.717, 1.165) is 16.8 Å². The van der Waals surface area contributed by atoms with Gasteiger partial charge in [-0.3, -0.25) is 14.4 Å². The van der Waals surface area contributed by atoms with Gasteiger partial charge in [-0.05, 0) is 18.1 Å². The van der Waals surface area contributed by atoms with E-state index in [2.05, 4.69) is 10.4 Å². The second-order valence-corrected chi connectivity index (χ2v) is 8.32. The Kier molecular flexibility index (Phi) is 8.79. The number of nitrogens with one attached hydrogen (secondary N) is 1. The van der Waals surface area contributed by atoms with Gasteiger partial charge in [0, 0.05) is 38.9 Å². The summed E-state index contributed by atoms with van der Waals surface area (Å²) in [6.45, 7) is 2.41. The molecule has 0 aromatic heterocycles. The Labute approximate surface area is 200 Å². The quantitative estimate of drug-likeness (QED) is 0.585. The Bertz CT molecular complexity index is 1040. The molecule has 8 heteroatoms. The molecule has 1 atom stereocenters. The van der Waals surface area contributed by atoms with Crippen LogP contribution in [-0.4, -0.2) is 60.6 Å². The summed E-state index contributed by atoms with van der Waals surface area (Å²) >= 11 is 0. The van der Waals surface area contributed by atoms with Crippen molar-refractivity contribution < 1.29 is 19.1 Å². The minimum atomic E-state index is -0.289. The molecule has 3 rings (SSSR count). The normalized spacial score (nSPS) is 13.7. The molecular formula is C26H32N4O4. The zero-order chi connectivity index (χ0) is 24.5. The minimum absolute atomic E-state index is 0.0736. The van der Waals surface area contributed by atoms with Crippen molar-refractivity contribution >= 4 is 23.4 Å². The first kappa shape index (κ1) is 25.0. The molecule has 0 bridgehead atoms. The number of hydrogen-bond acceptors (Lipinski definition) is 5. The monoisotopic (exact) mass is 464 g/mol. The summed E-state index contributed by atoms with van der Waals surface area (Å²) in [6.07, 6.45) is 1.50. The van der Waals surface area contributed by atoms with E-state index in [1.165, 1.54) is 9.91 Å². The Hall–Kier alpha value is -3.68. The molecule has 180 valence electrons. The molecule has 0 spiro atoms. The first-order valence-electron chi connectivity index (χ1n) is 11.5. The number of likely N-dealkylation sites (N-methyl/N-ethyl adjacent to an activating group) is 1. The van der Waals surface area contributed by atoms with Crippen molar-refractivity contribution in [1.29, 1.82) is 0 Å². The van der Waals surface area contributed by atoms with Crippen molar-refractivity contribution in [2.45, 2.75) is 38.6 Å². The number of amides is 3. The topological polar surface area (TPSA) is 91.3 Å². The molecule has 0 saturated carbocycles. The first-order chi connectivity index (χ1) is 16.4. The molecule has 1 heterocycles. The average molecular weight is 465 g/mol. The lowest BCUT2D eigenvalue weighted by atomic mass is 10.0. The van der Waals surface area contributed by atoms with Crippen LogP contribution in [0, 0.1) is 0 Å². The molecule has 0 fully saturated rings. The minimum Gasteiger partial charge on any atom is -0.483 e. The van der Waals surface area contributed by atoms with Gasteiger partial charge in [0.1, 0.15) is 5.75 Å². The smallest absolute Gasteiger partial charge is 0.259 e. The number of nitrogens with zero attached hydrogens (tertiary/aromatic N) is 3. The van der Waals surface area contributed by atoms with E-state index in [-0.39, 0.29) is 43.2 Å². The maximum atomic E-state index is 12.6. The second-order valence-electron chi connectivity index (χ2n) is 8.32. The van der Waals surface area contributed by atoms with Gasteiger partial charge in [0.15, 0.2) is 6.61 Å². The van der Waals surface area contributed by atoms with E-state index in [9.17, 15) is 14.4 Å². The van der Waals surface area contributed by atoms with E-state index in [0.29, 0.717) is 25.1 Å². The Morgan fingerprint density at radius 2 is 1.76 bits per heavy atom. The van der Waals surface area contributed by atoms with Crippen LogP contribution in [0.1, 0.15) is 49.8 Å². The van der Waals surface area contributed by atoms with Gasteiger partial charge in [0.2, 0.25) is 11.8 Å². The molecule has 34 heavy (non-hydrogen) atoms. The standard InChI is InChI=1S/C26H32N4O4/c1-4-21(20-12-8-9-13-23(20)34-18-26(33)29(2)3)27-24(31)14-15-25(32)30-17-16-22(28-30)19-10-6-5-7-11-19/h5-13,21H,4,14-18H2,1-3H3,(H,27,31). The molecular weight excluding hydrogens is 432 g/mol. The van der Waals surface area contributed by atoms with Gasteiger partial charge in [-0.15, -0.1) is 0 Å².